The molecule has 0 aliphatic carbocycles. The molecule has 1 aliphatic heterocycles. The molecule has 1 unspecified atom stereocenters. The van der Waals surface area contributed by atoms with Crippen molar-refractivity contribution < 1.29 is 4.74 Å². The number of hydrogen-bond donors (Lipinski definition) is 0. The van der Waals surface area contributed by atoms with E-state index < -0.39 is 0 Å². The molecular weight excluding hydrogens is 148 g/mol. The van der Waals surface area contributed by atoms with Gasteiger partial charge < -0.3 is 4.74 Å². The minimum absolute atomic E-state index is 0.0196. The Balaban J connectivity index is 2.72. The fourth-order valence-corrected chi connectivity index (χ4v) is 1.85. The van der Waals surface area contributed by atoms with Gasteiger partial charge in [-0.2, -0.15) is 0 Å². The maximum atomic E-state index is 5.69. The smallest absolute Gasteiger partial charge is 0.121 e. The van der Waals surface area contributed by atoms with Gasteiger partial charge in [0.2, 0.25) is 0 Å². The zero-order valence-electron chi connectivity index (χ0n) is 8.37. The van der Waals surface area contributed by atoms with Crippen molar-refractivity contribution in [1.29, 1.82) is 0 Å². The lowest BCUT2D eigenvalue weighted by Crippen LogP contribution is -2.42. The minimum atomic E-state index is 0.0196. The zero-order valence-corrected chi connectivity index (χ0v) is 8.37. The van der Waals surface area contributed by atoms with Crippen molar-refractivity contribution >= 4 is 0 Å². The number of hydrogen-bond acceptors (Lipinski definition) is 1. The van der Waals surface area contributed by atoms with Crippen molar-refractivity contribution in [2.75, 3.05) is 0 Å². The molecule has 1 aliphatic rings. The molecule has 1 rings (SSSR count). The van der Waals surface area contributed by atoms with Crippen molar-refractivity contribution in [3.05, 3.63) is 0 Å². The molecule has 0 radical (unpaired) electrons. The van der Waals surface area contributed by atoms with Crippen LogP contribution >= 0.6 is 0 Å². The highest BCUT2D eigenvalue weighted by Crippen LogP contribution is 2.34. The predicted molar refractivity (Wildman–Crippen MR) is 50.7 cm³/mol. The van der Waals surface area contributed by atoms with Crippen molar-refractivity contribution in [2.24, 2.45) is 17.8 Å². The fraction of sp³-hybridized carbons (Fsp3) is 0.818. The van der Waals surface area contributed by atoms with Crippen molar-refractivity contribution in [1.82, 2.24) is 0 Å². The van der Waals surface area contributed by atoms with Crippen molar-refractivity contribution in [3.63, 3.8) is 0 Å². The van der Waals surface area contributed by atoms with E-state index in [1.54, 1.807) is 0 Å². The highest BCUT2D eigenvalue weighted by atomic mass is 16.5. The van der Waals surface area contributed by atoms with Crippen LogP contribution in [0.1, 0.15) is 27.7 Å². The molecule has 12 heavy (non-hydrogen) atoms. The lowest BCUT2D eigenvalue weighted by atomic mass is 9.77. The molecule has 1 heterocycles. The molecule has 1 fully saturated rings. The Kier molecular flexibility index (Phi) is 2.80. The van der Waals surface area contributed by atoms with Crippen LogP contribution in [0.4, 0.5) is 0 Å². The van der Waals surface area contributed by atoms with Gasteiger partial charge in [-0.25, -0.2) is 0 Å². The van der Waals surface area contributed by atoms with E-state index in [2.05, 4.69) is 33.6 Å². The molecule has 0 spiro atoms. The van der Waals surface area contributed by atoms with Crippen LogP contribution in [-0.4, -0.2) is 12.2 Å². The van der Waals surface area contributed by atoms with E-state index in [0.717, 1.165) is 0 Å². The summed E-state index contributed by atoms with van der Waals surface area (Å²) < 4.78 is 5.69. The van der Waals surface area contributed by atoms with Gasteiger partial charge in [0.15, 0.2) is 0 Å². The SMILES string of the molecule is C#C[C@@H]1OC(C)[C@@H](C)[C@H](C)[C@@H]1C. The Morgan fingerprint density at radius 3 is 2.08 bits per heavy atom. The van der Waals surface area contributed by atoms with E-state index in [1.165, 1.54) is 0 Å². The first kappa shape index (κ1) is 9.61. The first-order valence-corrected chi connectivity index (χ1v) is 4.69. The molecule has 0 aromatic carbocycles. The Hall–Kier alpha value is -0.480. The van der Waals surface area contributed by atoms with Gasteiger partial charge in [-0.05, 0) is 24.7 Å². The summed E-state index contributed by atoms with van der Waals surface area (Å²) in [6.07, 6.45) is 5.71. The largest absolute Gasteiger partial charge is 0.362 e. The highest BCUT2D eigenvalue weighted by Gasteiger charge is 2.35. The molecule has 0 aromatic rings. The van der Waals surface area contributed by atoms with Gasteiger partial charge in [0.25, 0.3) is 0 Å². The first-order valence-electron chi connectivity index (χ1n) is 4.69. The summed E-state index contributed by atoms with van der Waals surface area (Å²) in [4.78, 5) is 0. The van der Waals surface area contributed by atoms with Gasteiger partial charge in [-0.3, -0.25) is 0 Å². The van der Waals surface area contributed by atoms with Crippen molar-refractivity contribution in [2.45, 2.75) is 39.9 Å². The summed E-state index contributed by atoms with van der Waals surface area (Å²) in [5, 5.41) is 0. The van der Waals surface area contributed by atoms with Crippen LogP contribution in [0.5, 0.6) is 0 Å². The van der Waals surface area contributed by atoms with Gasteiger partial charge in [-0.15, -0.1) is 6.42 Å². The third-order valence-electron chi connectivity index (χ3n) is 3.40. The van der Waals surface area contributed by atoms with Crippen LogP contribution in [-0.2, 0) is 4.74 Å². The van der Waals surface area contributed by atoms with E-state index >= 15 is 0 Å². The minimum Gasteiger partial charge on any atom is -0.362 e. The molecule has 1 heteroatoms. The third-order valence-corrected chi connectivity index (χ3v) is 3.40. The number of rotatable bonds is 0. The second-order valence-electron chi connectivity index (χ2n) is 4.01. The van der Waals surface area contributed by atoms with Gasteiger partial charge in [-0.1, -0.05) is 26.7 Å². The fourth-order valence-electron chi connectivity index (χ4n) is 1.85. The Morgan fingerprint density at radius 2 is 1.58 bits per heavy atom. The molecular formula is C11H18O. The summed E-state index contributed by atoms with van der Waals surface area (Å²) >= 11 is 0. The second-order valence-corrected chi connectivity index (χ2v) is 4.01. The van der Waals surface area contributed by atoms with Gasteiger partial charge in [0.1, 0.15) is 6.10 Å². The van der Waals surface area contributed by atoms with E-state index in [1.807, 2.05) is 0 Å². The summed E-state index contributed by atoms with van der Waals surface area (Å²) in [6.45, 7) is 8.78. The molecule has 0 bridgehead atoms. The average molecular weight is 166 g/mol. The Bertz CT molecular complexity index is 192. The second kappa shape index (κ2) is 3.49. The van der Waals surface area contributed by atoms with Crippen molar-refractivity contribution in [3.8, 4) is 12.3 Å². The number of ether oxygens (including phenoxy) is 1. The molecule has 68 valence electrons. The monoisotopic (exact) mass is 166 g/mol. The van der Waals surface area contributed by atoms with Crippen LogP contribution in [0.3, 0.4) is 0 Å². The van der Waals surface area contributed by atoms with Crippen LogP contribution in [0, 0.1) is 30.1 Å². The predicted octanol–water partition coefficient (Wildman–Crippen LogP) is 2.32. The Morgan fingerprint density at radius 1 is 1.00 bits per heavy atom. The van der Waals surface area contributed by atoms with Crippen LogP contribution in [0.15, 0.2) is 0 Å². The van der Waals surface area contributed by atoms with E-state index in [9.17, 15) is 0 Å². The van der Waals surface area contributed by atoms with Gasteiger partial charge in [0, 0.05) is 0 Å². The van der Waals surface area contributed by atoms with Crippen LogP contribution < -0.4 is 0 Å². The normalized spacial score (nSPS) is 48.4. The third kappa shape index (κ3) is 1.49. The van der Waals surface area contributed by atoms with E-state index in [-0.39, 0.29) is 6.10 Å². The van der Waals surface area contributed by atoms with Crippen LogP contribution in [0.2, 0.25) is 0 Å². The highest BCUT2D eigenvalue weighted by molar-refractivity contribution is 5.01. The Labute approximate surface area is 75.5 Å². The molecule has 0 aromatic heterocycles. The van der Waals surface area contributed by atoms with Gasteiger partial charge in [0.05, 0.1) is 6.10 Å². The van der Waals surface area contributed by atoms with E-state index in [4.69, 9.17) is 11.2 Å². The van der Waals surface area contributed by atoms with Gasteiger partial charge >= 0.3 is 0 Å². The van der Waals surface area contributed by atoms with E-state index in [0.29, 0.717) is 23.9 Å². The lowest BCUT2D eigenvalue weighted by molar-refractivity contribution is -0.0988. The quantitative estimate of drug-likeness (QED) is 0.502. The summed E-state index contributed by atoms with van der Waals surface area (Å²) in [7, 11) is 0. The topological polar surface area (TPSA) is 9.23 Å². The zero-order chi connectivity index (χ0) is 9.30. The molecule has 5 atom stereocenters. The molecule has 0 saturated carbocycles. The maximum absolute atomic E-state index is 5.69. The summed E-state index contributed by atoms with van der Waals surface area (Å²) in [6, 6.07) is 0. The summed E-state index contributed by atoms with van der Waals surface area (Å²) in [5.41, 5.74) is 0. The maximum Gasteiger partial charge on any atom is 0.121 e. The molecule has 1 saturated heterocycles. The average Bonchev–Trinajstić information content (AvgIpc) is 2.08. The lowest BCUT2D eigenvalue weighted by Gasteiger charge is -2.40. The standard InChI is InChI=1S/C11H18O/c1-6-11-9(4)7(2)8(3)10(5)12-11/h1,7-11H,2-5H3/t7-,8-,9-,10?,11-/m0/s1. The molecule has 1 nitrogen and oxygen atoms in total. The first-order chi connectivity index (χ1) is 5.57. The molecule has 0 N–H and O–H groups in total. The molecule has 0 amide bonds. The van der Waals surface area contributed by atoms with Crippen LogP contribution in [0.25, 0.3) is 0 Å². The summed E-state index contributed by atoms with van der Waals surface area (Å²) in [5.74, 6) is 4.48. The number of terminal acetylenes is 1.